The molecule has 0 aliphatic rings. The number of anilines is 1. The summed E-state index contributed by atoms with van der Waals surface area (Å²) < 4.78 is 2.54. The molecular formula is C15H10BrClN4O. The number of aromatic nitrogens is 3. The van der Waals surface area contributed by atoms with E-state index in [9.17, 15) is 4.79 Å². The SMILES string of the molecule is O=C(Nc1cc(Br)ccc1-n1cccn1)c1ccc(Cl)nc1. The molecule has 7 heteroatoms. The van der Waals surface area contributed by atoms with Crippen molar-refractivity contribution in [3.63, 3.8) is 0 Å². The second-order valence-electron chi connectivity index (χ2n) is 4.44. The zero-order valence-electron chi connectivity index (χ0n) is 11.2. The summed E-state index contributed by atoms with van der Waals surface area (Å²) in [5.41, 5.74) is 1.83. The van der Waals surface area contributed by atoms with Gasteiger partial charge in [-0.25, -0.2) is 9.67 Å². The first-order valence-corrected chi connectivity index (χ1v) is 7.53. The number of benzene rings is 1. The molecule has 0 spiro atoms. The van der Waals surface area contributed by atoms with Crippen molar-refractivity contribution in [1.29, 1.82) is 0 Å². The topological polar surface area (TPSA) is 59.8 Å². The average molecular weight is 378 g/mol. The van der Waals surface area contributed by atoms with Gasteiger partial charge in [-0.2, -0.15) is 5.10 Å². The molecule has 3 aromatic rings. The minimum absolute atomic E-state index is 0.268. The van der Waals surface area contributed by atoms with E-state index in [0.717, 1.165) is 10.2 Å². The van der Waals surface area contributed by atoms with Gasteiger partial charge >= 0.3 is 0 Å². The van der Waals surface area contributed by atoms with E-state index in [4.69, 9.17) is 11.6 Å². The summed E-state index contributed by atoms with van der Waals surface area (Å²) in [7, 11) is 0. The third kappa shape index (κ3) is 3.18. The molecule has 3 rings (SSSR count). The van der Waals surface area contributed by atoms with Crippen LogP contribution in [0.4, 0.5) is 5.69 Å². The maximum absolute atomic E-state index is 12.3. The second-order valence-corrected chi connectivity index (χ2v) is 5.74. The number of carbonyl (C=O) groups excluding carboxylic acids is 1. The zero-order valence-corrected chi connectivity index (χ0v) is 13.5. The van der Waals surface area contributed by atoms with Crippen molar-refractivity contribution in [2.75, 3.05) is 5.32 Å². The molecule has 0 saturated carbocycles. The number of nitrogens with zero attached hydrogens (tertiary/aromatic N) is 3. The summed E-state index contributed by atoms with van der Waals surface area (Å²) in [6.45, 7) is 0. The molecule has 22 heavy (non-hydrogen) atoms. The lowest BCUT2D eigenvalue weighted by molar-refractivity contribution is 0.102. The Morgan fingerprint density at radius 1 is 1.27 bits per heavy atom. The van der Waals surface area contributed by atoms with Gasteiger partial charge in [-0.3, -0.25) is 4.79 Å². The molecule has 0 aliphatic carbocycles. The molecule has 0 atom stereocenters. The molecule has 2 heterocycles. The Labute approximate surface area is 140 Å². The van der Waals surface area contributed by atoms with Crippen LogP contribution in [0.15, 0.2) is 59.5 Å². The molecule has 0 saturated heterocycles. The number of pyridine rings is 1. The Hall–Kier alpha value is -2.18. The minimum Gasteiger partial charge on any atom is -0.320 e. The first-order chi connectivity index (χ1) is 10.6. The number of rotatable bonds is 3. The van der Waals surface area contributed by atoms with Crippen LogP contribution < -0.4 is 5.32 Å². The number of halogens is 2. The maximum atomic E-state index is 12.3. The number of amides is 1. The van der Waals surface area contributed by atoms with E-state index in [-0.39, 0.29) is 5.91 Å². The van der Waals surface area contributed by atoms with Crippen LogP contribution in [0, 0.1) is 0 Å². The highest BCUT2D eigenvalue weighted by molar-refractivity contribution is 9.10. The lowest BCUT2D eigenvalue weighted by atomic mass is 10.2. The molecule has 0 aliphatic heterocycles. The van der Waals surface area contributed by atoms with Crippen molar-refractivity contribution in [1.82, 2.24) is 14.8 Å². The van der Waals surface area contributed by atoms with Crippen LogP contribution in [0.2, 0.25) is 5.15 Å². The van der Waals surface area contributed by atoms with E-state index in [1.807, 2.05) is 30.5 Å². The Balaban J connectivity index is 1.93. The molecule has 110 valence electrons. The summed E-state index contributed by atoms with van der Waals surface area (Å²) in [4.78, 5) is 16.2. The molecule has 1 aromatic carbocycles. The quantitative estimate of drug-likeness (QED) is 0.703. The molecule has 0 radical (unpaired) electrons. The summed E-state index contributed by atoms with van der Waals surface area (Å²) >= 11 is 9.13. The summed E-state index contributed by atoms with van der Waals surface area (Å²) in [6, 6.07) is 10.6. The van der Waals surface area contributed by atoms with Crippen molar-refractivity contribution in [3.05, 3.63) is 70.2 Å². The molecule has 0 fully saturated rings. The number of nitrogens with one attached hydrogen (secondary N) is 1. The van der Waals surface area contributed by atoms with E-state index in [1.54, 1.807) is 23.0 Å². The van der Waals surface area contributed by atoms with E-state index in [1.165, 1.54) is 6.20 Å². The average Bonchev–Trinajstić information content (AvgIpc) is 3.02. The van der Waals surface area contributed by atoms with Crippen molar-refractivity contribution in [3.8, 4) is 5.69 Å². The molecule has 1 N–H and O–H groups in total. The Bertz CT molecular complexity index is 803. The van der Waals surface area contributed by atoms with Crippen LogP contribution in [-0.2, 0) is 0 Å². The van der Waals surface area contributed by atoms with Crippen LogP contribution in [0.5, 0.6) is 0 Å². The number of hydrogen-bond donors (Lipinski definition) is 1. The highest BCUT2D eigenvalue weighted by Crippen LogP contribution is 2.25. The standard InChI is InChI=1S/C15H10BrClN4O/c16-11-3-4-13(21-7-1-6-19-21)12(8-11)20-15(22)10-2-5-14(17)18-9-10/h1-9H,(H,20,22). The monoisotopic (exact) mass is 376 g/mol. The van der Waals surface area contributed by atoms with Gasteiger partial charge in [0.15, 0.2) is 0 Å². The van der Waals surface area contributed by atoms with E-state index in [0.29, 0.717) is 16.4 Å². The smallest absolute Gasteiger partial charge is 0.257 e. The normalized spacial score (nSPS) is 10.5. The molecule has 0 bridgehead atoms. The number of carbonyl (C=O) groups is 1. The van der Waals surface area contributed by atoms with Gasteiger partial charge in [-0.05, 0) is 36.4 Å². The van der Waals surface area contributed by atoms with Crippen molar-refractivity contribution < 1.29 is 4.79 Å². The highest BCUT2D eigenvalue weighted by Gasteiger charge is 2.11. The summed E-state index contributed by atoms with van der Waals surface area (Å²) in [6.07, 6.45) is 4.92. The zero-order chi connectivity index (χ0) is 15.5. The molecule has 1 amide bonds. The lowest BCUT2D eigenvalue weighted by Crippen LogP contribution is -2.14. The fourth-order valence-corrected chi connectivity index (χ4v) is 2.40. The van der Waals surface area contributed by atoms with Gasteiger partial charge in [-0.15, -0.1) is 0 Å². The van der Waals surface area contributed by atoms with Crippen LogP contribution in [-0.4, -0.2) is 20.7 Å². The van der Waals surface area contributed by atoms with Gasteiger partial charge < -0.3 is 5.32 Å². The van der Waals surface area contributed by atoms with E-state index >= 15 is 0 Å². The summed E-state index contributed by atoms with van der Waals surface area (Å²) in [5, 5.41) is 7.39. The predicted octanol–water partition coefficient (Wildman–Crippen LogP) is 3.94. The number of hydrogen-bond acceptors (Lipinski definition) is 3. The van der Waals surface area contributed by atoms with E-state index in [2.05, 4.69) is 31.3 Å². The van der Waals surface area contributed by atoms with Gasteiger partial charge in [0.25, 0.3) is 5.91 Å². The largest absolute Gasteiger partial charge is 0.320 e. The lowest BCUT2D eigenvalue weighted by Gasteiger charge is -2.11. The molecule has 5 nitrogen and oxygen atoms in total. The van der Waals surface area contributed by atoms with Crippen molar-refractivity contribution in [2.24, 2.45) is 0 Å². The van der Waals surface area contributed by atoms with Crippen LogP contribution >= 0.6 is 27.5 Å². The fourth-order valence-electron chi connectivity index (χ4n) is 1.92. The van der Waals surface area contributed by atoms with Gasteiger partial charge in [0.05, 0.1) is 16.9 Å². The highest BCUT2D eigenvalue weighted by atomic mass is 79.9. The van der Waals surface area contributed by atoms with Crippen LogP contribution in [0.3, 0.4) is 0 Å². The summed E-state index contributed by atoms with van der Waals surface area (Å²) in [5.74, 6) is -0.268. The minimum atomic E-state index is -0.268. The Morgan fingerprint density at radius 2 is 2.14 bits per heavy atom. The van der Waals surface area contributed by atoms with Gasteiger partial charge in [0.2, 0.25) is 0 Å². The van der Waals surface area contributed by atoms with Crippen molar-refractivity contribution in [2.45, 2.75) is 0 Å². The first kappa shape index (κ1) is 14.7. The van der Waals surface area contributed by atoms with Gasteiger partial charge in [0.1, 0.15) is 5.15 Å². The van der Waals surface area contributed by atoms with Crippen LogP contribution in [0.1, 0.15) is 10.4 Å². The van der Waals surface area contributed by atoms with Crippen molar-refractivity contribution >= 4 is 39.1 Å². The Kier molecular flexibility index (Phi) is 4.22. The van der Waals surface area contributed by atoms with Crippen LogP contribution in [0.25, 0.3) is 5.69 Å². The molecule has 0 unspecified atom stereocenters. The Morgan fingerprint density at radius 3 is 2.82 bits per heavy atom. The van der Waals surface area contributed by atoms with Gasteiger partial charge in [-0.1, -0.05) is 27.5 Å². The second kappa shape index (κ2) is 6.29. The predicted molar refractivity (Wildman–Crippen MR) is 88.5 cm³/mol. The third-order valence-corrected chi connectivity index (χ3v) is 3.66. The van der Waals surface area contributed by atoms with Gasteiger partial charge in [0, 0.05) is 23.1 Å². The third-order valence-electron chi connectivity index (χ3n) is 2.95. The first-order valence-electron chi connectivity index (χ1n) is 6.36. The fraction of sp³-hybridized carbons (Fsp3) is 0. The molecule has 2 aromatic heterocycles. The maximum Gasteiger partial charge on any atom is 0.257 e. The molecular weight excluding hydrogens is 368 g/mol. The van der Waals surface area contributed by atoms with E-state index < -0.39 is 0 Å².